The molecule has 7 nitrogen and oxygen atoms in total. The Kier molecular flexibility index (Phi) is 6.57. The van der Waals surface area contributed by atoms with Gasteiger partial charge in [-0.2, -0.15) is 0 Å². The molecule has 4 rings (SSSR count). The maximum absolute atomic E-state index is 12.6. The van der Waals surface area contributed by atoms with Crippen LogP contribution < -0.4 is 14.8 Å². The third kappa shape index (κ3) is 5.00. The fourth-order valence-corrected chi connectivity index (χ4v) is 4.28. The van der Waals surface area contributed by atoms with Crippen LogP contribution in [0.3, 0.4) is 0 Å². The lowest BCUT2D eigenvalue weighted by atomic mass is 10.1. The zero-order valence-electron chi connectivity index (χ0n) is 17.6. The predicted octanol–water partition coefficient (Wildman–Crippen LogP) is 4.60. The highest BCUT2D eigenvalue weighted by molar-refractivity contribution is 7.73. The lowest BCUT2D eigenvalue weighted by Gasteiger charge is -2.19. The van der Waals surface area contributed by atoms with Crippen LogP contribution in [0.5, 0.6) is 11.5 Å². The second kappa shape index (κ2) is 9.54. The molecule has 166 valence electrons. The predicted molar refractivity (Wildman–Crippen MR) is 125 cm³/mol. The average Bonchev–Trinajstić information content (AvgIpc) is 3.14. The number of anilines is 1. The maximum atomic E-state index is 12.6. The van der Waals surface area contributed by atoms with Gasteiger partial charge >= 0.3 is 5.97 Å². The lowest BCUT2D eigenvalue weighted by Crippen LogP contribution is -2.31. The molecule has 1 N–H and O–H groups in total. The van der Waals surface area contributed by atoms with Crippen LogP contribution in [0.25, 0.3) is 11.3 Å². The van der Waals surface area contributed by atoms with Gasteiger partial charge < -0.3 is 24.1 Å². The molecule has 0 radical (unpaired) electrons. The molecule has 0 bridgehead atoms. The van der Waals surface area contributed by atoms with Gasteiger partial charge in [0.05, 0.1) is 5.69 Å². The molecule has 1 aromatic heterocycles. The minimum Gasteiger partial charge on any atom is -0.486 e. The molecule has 0 saturated heterocycles. The number of amides is 1. The summed E-state index contributed by atoms with van der Waals surface area (Å²) in [4.78, 5) is 25.1. The standard InChI is InChI=1S/C23H22N2O5S2/c1-14-3-5-16(6-4-14)18-13-32-23(31)25(18)12-21(26)30-15(2)22(27)24-17-7-8-19-20(11-17)29-10-9-28-19/h3-8,11,13,15H,9-10,12H2,1-2H3,(H,24,27)/t15-/m1/s1. The van der Waals surface area contributed by atoms with Crippen molar-refractivity contribution in [2.24, 2.45) is 0 Å². The van der Waals surface area contributed by atoms with Gasteiger partial charge in [0, 0.05) is 17.1 Å². The summed E-state index contributed by atoms with van der Waals surface area (Å²) in [6.07, 6.45) is -0.980. The number of fused-ring (bicyclic) bond motifs is 1. The number of carbonyl (C=O) groups is 2. The van der Waals surface area contributed by atoms with Crippen LogP contribution in [-0.2, 0) is 20.9 Å². The number of rotatable bonds is 6. The van der Waals surface area contributed by atoms with E-state index in [4.69, 9.17) is 26.4 Å². The van der Waals surface area contributed by atoms with Crippen LogP contribution in [0.4, 0.5) is 5.69 Å². The lowest BCUT2D eigenvalue weighted by molar-refractivity contribution is -0.153. The first-order valence-electron chi connectivity index (χ1n) is 10.1. The van der Waals surface area contributed by atoms with E-state index >= 15 is 0 Å². The number of hydrogen-bond donors (Lipinski definition) is 1. The Morgan fingerprint density at radius 2 is 1.88 bits per heavy atom. The fraction of sp³-hybridized carbons (Fsp3) is 0.261. The third-order valence-corrected chi connectivity index (χ3v) is 6.18. The van der Waals surface area contributed by atoms with Gasteiger partial charge in [-0.15, -0.1) is 11.3 Å². The molecule has 1 aliphatic heterocycles. The molecule has 0 spiro atoms. The van der Waals surface area contributed by atoms with Crippen molar-refractivity contribution in [1.29, 1.82) is 0 Å². The Labute approximate surface area is 194 Å². The summed E-state index contributed by atoms with van der Waals surface area (Å²) in [5.74, 6) is 0.208. The zero-order valence-corrected chi connectivity index (χ0v) is 19.3. The first-order chi connectivity index (χ1) is 15.4. The van der Waals surface area contributed by atoms with E-state index in [1.54, 1.807) is 22.8 Å². The van der Waals surface area contributed by atoms with Gasteiger partial charge in [0.1, 0.15) is 19.8 Å². The topological polar surface area (TPSA) is 78.8 Å². The Balaban J connectivity index is 1.39. The number of hydrogen-bond acceptors (Lipinski definition) is 7. The molecule has 0 fully saturated rings. The molecule has 2 aromatic carbocycles. The number of aryl methyl sites for hydroxylation is 1. The van der Waals surface area contributed by atoms with E-state index in [0.717, 1.165) is 16.8 Å². The SMILES string of the molecule is Cc1ccc(-c2csc(=S)n2CC(=O)O[C@H](C)C(=O)Nc2ccc3c(c2)OCCO3)cc1. The smallest absolute Gasteiger partial charge is 0.326 e. The van der Waals surface area contributed by atoms with Crippen molar-refractivity contribution < 1.29 is 23.8 Å². The zero-order chi connectivity index (χ0) is 22.7. The van der Waals surface area contributed by atoms with Gasteiger partial charge in [0.2, 0.25) is 0 Å². The van der Waals surface area contributed by atoms with Crippen LogP contribution in [0.15, 0.2) is 47.8 Å². The van der Waals surface area contributed by atoms with E-state index in [2.05, 4.69) is 5.32 Å². The highest BCUT2D eigenvalue weighted by atomic mass is 32.1. The van der Waals surface area contributed by atoms with E-state index in [1.165, 1.54) is 18.3 Å². The van der Waals surface area contributed by atoms with E-state index in [9.17, 15) is 9.59 Å². The third-order valence-electron chi connectivity index (χ3n) is 4.90. The van der Waals surface area contributed by atoms with E-state index < -0.39 is 18.0 Å². The first-order valence-corrected chi connectivity index (χ1v) is 11.3. The van der Waals surface area contributed by atoms with Crippen LogP contribution in [0.2, 0.25) is 0 Å². The second-order valence-corrected chi connectivity index (χ2v) is 8.82. The number of aromatic nitrogens is 1. The summed E-state index contributed by atoms with van der Waals surface area (Å²) < 4.78 is 18.6. The highest BCUT2D eigenvalue weighted by Gasteiger charge is 2.21. The van der Waals surface area contributed by atoms with Gasteiger partial charge in [-0.1, -0.05) is 29.8 Å². The molecule has 1 atom stereocenters. The van der Waals surface area contributed by atoms with Crippen LogP contribution in [0, 0.1) is 10.9 Å². The number of nitrogens with zero attached hydrogens (tertiary/aromatic N) is 1. The van der Waals surface area contributed by atoms with Crippen molar-refractivity contribution in [1.82, 2.24) is 4.57 Å². The van der Waals surface area contributed by atoms with Gasteiger partial charge in [-0.05, 0) is 43.8 Å². The van der Waals surface area contributed by atoms with Crippen molar-refractivity contribution in [3.8, 4) is 22.8 Å². The molecular formula is C23H22N2O5S2. The highest BCUT2D eigenvalue weighted by Crippen LogP contribution is 2.32. The normalized spacial score (nSPS) is 13.3. The quantitative estimate of drug-likeness (QED) is 0.419. The molecule has 0 saturated carbocycles. The van der Waals surface area contributed by atoms with Crippen molar-refractivity contribution in [2.45, 2.75) is 26.5 Å². The van der Waals surface area contributed by atoms with Crippen molar-refractivity contribution in [3.63, 3.8) is 0 Å². The minimum atomic E-state index is -0.980. The Morgan fingerprint density at radius 1 is 1.16 bits per heavy atom. The van der Waals surface area contributed by atoms with Crippen molar-refractivity contribution in [2.75, 3.05) is 18.5 Å². The molecule has 1 amide bonds. The number of thiazole rings is 1. The Bertz CT molecular complexity index is 1200. The maximum Gasteiger partial charge on any atom is 0.326 e. The average molecular weight is 471 g/mol. The number of esters is 1. The number of nitrogens with one attached hydrogen (secondary N) is 1. The minimum absolute atomic E-state index is 0.0762. The molecule has 3 aromatic rings. The fourth-order valence-electron chi connectivity index (χ4n) is 3.21. The Morgan fingerprint density at radius 3 is 2.62 bits per heavy atom. The summed E-state index contributed by atoms with van der Waals surface area (Å²) >= 11 is 6.77. The molecule has 1 aliphatic rings. The van der Waals surface area contributed by atoms with Gasteiger partial charge in [0.25, 0.3) is 5.91 Å². The summed E-state index contributed by atoms with van der Waals surface area (Å²) in [6, 6.07) is 13.1. The molecule has 2 heterocycles. The Hall–Kier alpha value is -3.17. The van der Waals surface area contributed by atoms with Crippen molar-refractivity contribution in [3.05, 3.63) is 57.4 Å². The number of ether oxygens (including phenoxy) is 3. The molecular weight excluding hydrogens is 448 g/mol. The summed E-state index contributed by atoms with van der Waals surface area (Å²) in [6.45, 7) is 4.41. The molecule has 0 aliphatic carbocycles. The summed E-state index contributed by atoms with van der Waals surface area (Å²) in [7, 11) is 0. The second-order valence-electron chi connectivity index (χ2n) is 7.32. The van der Waals surface area contributed by atoms with E-state index in [0.29, 0.717) is 34.4 Å². The van der Waals surface area contributed by atoms with Gasteiger partial charge in [-0.25, -0.2) is 0 Å². The van der Waals surface area contributed by atoms with E-state index in [1.807, 2.05) is 36.6 Å². The van der Waals surface area contributed by atoms with Gasteiger partial charge in [0.15, 0.2) is 21.6 Å². The largest absolute Gasteiger partial charge is 0.486 e. The molecule has 9 heteroatoms. The summed E-state index contributed by atoms with van der Waals surface area (Å²) in [5.41, 5.74) is 3.47. The molecule has 0 unspecified atom stereocenters. The molecule has 32 heavy (non-hydrogen) atoms. The van der Waals surface area contributed by atoms with E-state index in [-0.39, 0.29) is 6.54 Å². The number of benzene rings is 2. The summed E-state index contributed by atoms with van der Waals surface area (Å²) in [5, 5.41) is 4.65. The monoisotopic (exact) mass is 470 g/mol. The van der Waals surface area contributed by atoms with Crippen molar-refractivity contribution >= 4 is 41.1 Å². The van der Waals surface area contributed by atoms with Crippen LogP contribution in [-0.4, -0.2) is 35.8 Å². The number of carbonyl (C=O) groups excluding carboxylic acids is 2. The first kappa shape index (κ1) is 22.0. The van der Waals surface area contributed by atoms with Gasteiger partial charge in [-0.3, -0.25) is 9.59 Å². The van der Waals surface area contributed by atoms with Crippen LogP contribution in [0.1, 0.15) is 12.5 Å². The van der Waals surface area contributed by atoms with Crippen LogP contribution >= 0.6 is 23.6 Å².